The summed E-state index contributed by atoms with van der Waals surface area (Å²) in [6.07, 6.45) is 3.04. The molecule has 1 atom stereocenters. The molecule has 2 rings (SSSR count). The molecule has 0 radical (unpaired) electrons. The third-order valence-corrected chi connectivity index (χ3v) is 3.32. The zero-order valence-electron chi connectivity index (χ0n) is 12.3. The average molecular weight is 274 g/mol. The first kappa shape index (κ1) is 14.6. The van der Waals surface area contributed by atoms with Crippen molar-refractivity contribution in [2.75, 3.05) is 6.61 Å². The molecule has 0 saturated heterocycles. The third kappa shape index (κ3) is 3.84. The molecular weight excluding hydrogens is 252 g/mol. The number of ether oxygens (including phenoxy) is 1. The lowest BCUT2D eigenvalue weighted by atomic mass is 10.0. The standard InChI is InChI=1S/C16H22N2O2/c1-12(2)14-4-6-16(7-5-14)20-11-15(19)10-18-9-8-17-13(18)3/h4-9,12,15,19H,10-11H2,1-3H3/t15-/m0/s1. The molecule has 1 aromatic carbocycles. The number of aromatic nitrogens is 2. The summed E-state index contributed by atoms with van der Waals surface area (Å²) in [6.45, 7) is 7.01. The zero-order chi connectivity index (χ0) is 14.5. The number of aryl methyl sites for hydroxylation is 1. The highest BCUT2D eigenvalue weighted by atomic mass is 16.5. The van der Waals surface area contributed by atoms with E-state index in [1.54, 1.807) is 6.20 Å². The number of benzene rings is 1. The van der Waals surface area contributed by atoms with Gasteiger partial charge in [-0.2, -0.15) is 0 Å². The summed E-state index contributed by atoms with van der Waals surface area (Å²) >= 11 is 0. The van der Waals surface area contributed by atoms with E-state index in [0.717, 1.165) is 11.6 Å². The molecule has 0 spiro atoms. The molecule has 20 heavy (non-hydrogen) atoms. The summed E-state index contributed by atoms with van der Waals surface area (Å²) in [4.78, 5) is 4.13. The minimum atomic E-state index is -0.548. The van der Waals surface area contributed by atoms with E-state index in [0.29, 0.717) is 12.5 Å². The Bertz CT molecular complexity index is 532. The SMILES string of the molecule is Cc1nccn1C[C@H](O)COc1ccc(C(C)C)cc1. The molecule has 4 nitrogen and oxygen atoms in total. The Morgan fingerprint density at radius 3 is 2.50 bits per heavy atom. The lowest BCUT2D eigenvalue weighted by Gasteiger charge is -2.14. The van der Waals surface area contributed by atoms with Crippen molar-refractivity contribution in [2.45, 2.75) is 39.3 Å². The molecular formula is C16H22N2O2. The Hall–Kier alpha value is -1.81. The van der Waals surface area contributed by atoms with Crippen molar-refractivity contribution in [3.63, 3.8) is 0 Å². The topological polar surface area (TPSA) is 47.3 Å². The molecule has 1 N–H and O–H groups in total. The second-order valence-electron chi connectivity index (χ2n) is 5.32. The van der Waals surface area contributed by atoms with Crippen LogP contribution in [0.4, 0.5) is 0 Å². The van der Waals surface area contributed by atoms with Gasteiger partial charge in [-0.1, -0.05) is 26.0 Å². The van der Waals surface area contributed by atoms with Crippen molar-refractivity contribution in [3.05, 3.63) is 48.0 Å². The van der Waals surface area contributed by atoms with E-state index in [1.165, 1.54) is 5.56 Å². The molecule has 0 bridgehead atoms. The number of imidazole rings is 1. The average Bonchev–Trinajstić information content (AvgIpc) is 2.82. The van der Waals surface area contributed by atoms with Crippen LogP contribution in [0.5, 0.6) is 5.75 Å². The van der Waals surface area contributed by atoms with E-state index in [9.17, 15) is 5.11 Å². The van der Waals surface area contributed by atoms with E-state index in [4.69, 9.17) is 4.74 Å². The second-order valence-corrected chi connectivity index (χ2v) is 5.32. The third-order valence-electron chi connectivity index (χ3n) is 3.32. The van der Waals surface area contributed by atoms with Crippen LogP contribution in [0.1, 0.15) is 31.2 Å². The van der Waals surface area contributed by atoms with Crippen LogP contribution in [-0.2, 0) is 6.54 Å². The molecule has 2 aromatic rings. The first-order valence-electron chi connectivity index (χ1n) is 6.95. The lowest BCUT2D eigenvalue weighted by molar-refractivity contribution is 0.0919. The van der Waals surface area contributed by atoms with Gasteiger partial charge < -0.3 is 14.4 Å². The normalized spacial score (nSPS) is 12.7. The van der Waals surface area contributed by atoms with Gasteiger partial charge in [-0.05, 0) is 30.5 Å². The van der Waals surface area contributed by atoms with Crippen molar-refractivity contribution >= 4 is 0 Å². The van der Waals surface area contributed by atoms with E-state index in [2.05, 4.69) is 31.0 Å². The second kappa shape index (κ2) is 6.57. The van der Waals surface area contributed by atoms with Crippen LogP contribution in [0, 0.1) is 6.92 Å². The van der Waals surface area contributed by atoms with Gasteiger partial charge in [0.2, 0.25) is 0 Å². The highest BCUT2D eigenvalue weighted by Gasteiger charge is 2.08. The Labute approximate surface area is 120 Å². The van der Waals surface area contributed by atoms with Gasteiger partial charge in [-0.15, -0.1) is 0 Å². The number of aliphatic hydroxyl groups is 1. The molecule has 4 heteroatoms. The Kier molecular flexibility index (Phi) is 4.79. The molecule has 0 unspecified atom stereocenters. The minimum Gasteiger partial charge on any atom is -0.491 e. The fraction of sp³-hybridized carbons (Fsp3) is 0.438. The minimum absolute atomic E-state index is 0.276. The smallest absolute Gasteiger partial charge is 0.119 e. The highest BCUT2D eigenvalue weighted by molar-refractivity contribution is 5.28. The fourth-order valence-corrected chi connectivity index (χ4v) is 2.02. The van der Waals surface area contributed by atoms with E-state index in [-0.39, 0.29) is 6.61 Å². The Balaban J connectivity index is 1.84. The maximum Gasteiger partial charge on any atom is 0.119 e. The number of hydrogen-bond donors (Lipinski definition) is 1. The van der Waals surface area contributed by atoms with E-state index in [1.807, 2.05) is 29.8 Å². The maximum absolute atomic E-state index is 9.98. The monoisotopic (exact) mass is 274 g/mol. The number of rotatable bonds is 6. The van der Waals surface area contributed by atoms with Crippen molar-refractivity contribution in [2.24, 2.45) is 0 Å². The first-order chi connectivity index (χ1) is 9.56. The highest BCUT2D eigenvalue weighted by Crippen LogP contribution is 2.18. The van der Waals surface area contributed by atoms with Crippen LogP contribution in [-0.4, -0.2) is 27.4 Å². The quantitative estimate of drug-likeness (QED) is 0.881. The van der Waals surface area contributed by atoms with Gasteiger partial charge in [0.1, 0.15) is 24.3 Å². The number of aliphatic hydroxyl groups excluding tert-OH is 1. The molecule has 1 heterocycles. The van der Waals surface area contributed by atoms with Gasteiger partial charge in [0.05, 0.1) is 6.54 Å². The number of nitrogens with zero attached hydrogens (tertiary/aromatic N) is 2. The van der Waals surface area contributed by atoms with Crippen LogP contribution in [0.2, 0.25) is 0 Å². The molecule has 0 amide bonds. The van der Waals surface area contributed by atoms with Gasteiger partial charge in [-0.3, -0.25) is 0 Å². The maximum atomic E-state index is 9.98. The largest absolute Gasteiger partial charge is 0.491 e. The van der Waals surface area contributed by atoms with Crippen LogP contribution in [0.3, 0.4) is 0 Å². The fourth-order valence-electron chi connectivity index (χ4n) is 2.02. The molecule has 0 fully saturated rings. The summed E-state index contributed by atoms with van der Waals surface area (Å²) in [5.41, 5.74) is 1.28. The van der Waals surface area contributed by atoms with E-state index < -0.39 is 6.10 Å². The van der Waals surface area contributed by atoms with Gasteiger partial charge in [0.15, 0.2) is 0 Å². The molecule has 0 saturated carbocycles. The molecule has 0 aliphatic heterocycles. The molecule has 0 aliphatic carbocycles. The predicted octanol–water partition coefficient (Wildman–Crippen LogP) is 2.75. The van der Waals surface area contributed by atoms with Gasteiger partial charge in [0.25, 0.3) is 0 Å². The van der Waals surface area contributed by atoms with Crippen molar-refractivity contribution in [1.29, 1.82) is 0 Å². The van der Waals surface area contributed by atoms with Crippen LogP contribution in [0.15, 0.2) is 36.7 Å². The van der Waals surface area contributed by atoms with Gasteiger partial charge in [-0.25, -0.2) is 4.98 Å². The van der Waals surface area contributed by atoms with Crippen LogP contribution < -0.4 is 4.74 Å². The molecule has 1 aromatic heterocycles. The van der Waals surface area contributed by atoms with Crippen LogP contribution in [0.25, 0.3) is 0 Å². The summed E-state index contributed by atoms with van der Waals surface area (Å²) in [6, 6.07) is 8.02. The lowest BCUT2D eigenvalue weighted by Crippen LogP contribution is -2.23. The Morgan fingerprint density at radius 2 is 1.95 bits per heavy atom. The summed E-state index contributed by atoms with van der Waals surface area (Å²) in [5.74, 6) is 2.19. The van der Waals surface area contributed by atoms with Gasteiger partial charge in [0, 0.05) is 12.4 Å². The Morgan fingerprint density at radius 1 is 1.25 bits per heavy atom. The number of hydrogen-bond acceptors (Lipinski definition) is 3. The predicted molar refractivity (Wildman–Crippen MR) is 79.0 cm³/mol. The van der Waals surface area contributed by atoms with Crippen molar-refractivity contribution in [1.82, 2.24) is 9.55 Å². The van der Waals surface area contributed by atoms with Crippen molar-refractivity contribution < 1.29 is 9.84 Å². The van der Waals surface area contributed by atoms with E-state index >= 15 is 0 Å². The molecule has 108 valence electrons. The summed E-state index contributed by atoms with van der Waals surface area (Å²) in [7, 11) is 0. The summed E-state index contributed by atoms with van der Waals surface area (Å²) < 4.78 is 7.52. The zero-order valence-corrected chi connectivity index (χ0v) is 12.3. The van der Waals surface area contributed by atoms with Gasteiger partial charge >= 0.3 is 0 Å². The first-order valence-corrected chi connectivity index (χ1v) is 6.95. The summed E-state index contributed by atoms with van der Waals surface area (Å²) in [5, 5.41) is 9.98. The molecule has 0 aliphatic rings. The van der Waals surface area contributed by atoms with Crippen LogP contribution >= 0.6 is 0 Å². The van der Waals surface area contributed by atoms with Crippen molar-refractivity contribution in [3.8, 4) is 5.75 Å².